The fourth-order valence-corrected chi connectivity index (χ4v) is 1.42. The topological polar surface area (TPSA) is 35.2 Å². The zero-order chi connectivity index (χ0) is 11.6. The third kappa shape index (κ3) is 2.54. The summed E-state index contributed by atoms with van der Waals surface area (Å²) < 4.78 is 41.8. The Morgan fingerprint density at radius 3 is 2.47 bits per heavy atom. The van der Waals surface area contributed by atoms with Crippen LogP contribution in [-0.2, 0) is 0 Å². The molecule has 6 heteroatoms. The van der Waals surface area contributed by atoms with Crippen LogP contribution in [0.5, 0.6) is 5.75 Å². The number of alkyl halides is 3. The molecule has 0 amide bonds. The molecule has 0 fully saturated rings. The standard InChI is InChI=1S/C9H9ClF3NO/c1-15-6-4-2-3-5(7(6)10)8(14)9(11,12)13/h2-4,8H,14H2,1H3/t8-/m1/s1. The Labute approximate surface area is 89.8 Å². The molecule has 1 atom stereocenters. The molecule has 0 aliphatic rings. The zero-order valence-electron chi connectivity index (χ0n) is 7.81. The maximum atomic E-state index is 12.3. The summed E-state index contributed by atoms with van der Waals surface area (Å²) in [6.07, 6.45) is -4.52. The SMILES string of the molecule is COc1cccc([C@@H](N)C(F)(F)F)c1Cl. The highest BCUT2D eigenvalue weighted by atomic mass is 35.5. The smallest absolute Gasteiger partial charge is 0.407 e. The minimum atomic E-state index is -4.52. The van der Waals surface area contributed by atoms with Crippen LogP contribution < -0.4 is 10.5 Å². The second-order valence-electron chi connectivity index (χ2n) is 2.88. The molecule has 0 heterocycles. The van der Waals surface area contributed by atoms with E-state index in [9.17, 15) is 13.2 Å². The van der Waals surface area contributed by atoms with E-state index in [2.05, 4.69) is 0 Å². The van der Waals surface area contributed by atoms with Crippen LogP contribution in [-0.4, -0.2) is 13.3 Å². The molecule has 15 heavy (non-hydrogen) atoms. The molecule has 2 nitrogen and oxygen atoms in total. The van der Waals surface area contributed by atoms with Crippen molar-refractivity contribution < 1.29 is 17.9 Å². The lowest BCUT2D eigenvalue weighted by Gasteiger charge is -2.18. The van der Waals surface area contributed by atoms with Gasteiger partial charge in [0.05, 0.1) is 12.1 Å². The Kier molecular flexibility index (Phi) is 3.46. The molecule has 2 N–H and O–H groups in total. The average Bonchev–Trinajstić information content (AvgIpc) is 2.16. The maximum Gasteiger partial charge on any atom is 0.407 e. The predicted octanol–water partition coefficient (Wildman–Crippen LogP) is 2.91. The van der Waals surface area contributed by atoms with Crippen LogP contribution in [0, 0.1) is 0 Å². The number of methoxy groups -OCH3 is 1. The summed E-state index contributed by atoms with van der Waals surface area (Å²) in [5, 5.41) is -0.107. The van der Waals surface area contributed by atoms with Gasteiger partial charge in [-0.25, -0.2) is 0 Å². The minimum absolute atomic E-state index is 0.107. The van der Waals surface area contributed by atoms with Crippen LogP contribution in [0.25, 0.3) is 0 Å². The van der Waals surface area contributed by atoms with Crippen molar-refractivity contribution >= 4 is 11.6 Å². The van der Waals surface area contributed by atoms with Gasteiger partial charge < -0.3 is 10.5 Å². The van der Waals surface area contributed by atoms with Crippen LogP contribution in [0.15, 0.2) is 18.2 Å². The second kappa shape index (κ2) is 4.28. The molecule has 1 aromatic carbocycles. The number of nitrogens with two attached hydrogens (primary N) is 1. The van der Waals surface area contributed by atoms with Crippen LogP contribution in [0.3, 0.4) is 0 Å². The lowest BCUT2D eigenvalue weighted by molar-refractivity contribution is -0.149. The van der Waals surface area contributed by atoms with E-state index in [0.29, 0.717) is 0 Å². The number of ether oxygens (including phenoxy) is 1. The number of hydrogen-bond donors (Lipinski definition) is 1. The third-order valence-corrected chi connectivity index (χ3v) is 2.31. The molecule has 0 unspecified atom stereocenters. The molecule has 1 rings (SSSR count). The molecule has 0 spiro atoms. The Morgan fingerprint density at radius 1 is 1.40 bits per heavy atom. The highest BCUT2D eigenvalue weighted by Crippen LogP contribution is 2.37. The van der Waals surface area contributed by atoms with E-state index in [1.807, 2.05) is 0 Å². The Hall–Kier alpha value is -0.940. The summed E-state index contributed by atoms with van der Waals surface area (Å²) in [5.74, 6) is 0.175. The molecule has 1 aromatic rings. The molecule has 0 saturated carbocycles. The van der Waals surface area contributed by atoms with Crippen molar-refractivity contribution in [3.63, 3.8) is 0 Å². The van der Waals surface area contributed by atoms with Crippen molar-refractivity contribution in [3.05, 3.63) is 28.8 Å². The summed E-state index contributed by atoms with van der Waals surface area (Å²) in [7, 11) is 1.32. The van der Waals surface area contributed by atoms with Crippen molar-refractivity contribution in [2.45, 2.75) is 12.2 Å². The van der Waals surface area contributed by atoms with Gasteiger partial charge in [0.2, 0.25) is 0 Å². The summed E-state index contributed by atoms with van der Waals surface area (Å²) in [6.45, 7) is 0. The van der Waals surface area contributed by atoms with E-state index >= 15 is 0 Å². The maximum absolute atomic E-state index is 12.3. The van der Waals surface area contributed by atoms with E-state index in [1.54, 1.807) is 0 Å². The van der Waals surface area contributed by atoms with Gasteiger partial charge in [-0.3, -0.25) is 0 Å². The van der Waals surface area contributed by atoms with Crippen LogP contribution >= 0.6 is 11.6 Å². The minimum Gasteiger partial charge on any atom is -0.495 e. The molecule has 0 saturated heterocycles. The first-order valence-electron chi connectivity index (χ1n) is 4.02. The van der Waals surface area contributed by atoms with Crippen molar-refractivity contribution in [2.24, 2.45) is 5.73 Å². The van der Waals surface area contributed by atoms with Gasteiger partial charge in [-0.15, -0.1) is 0 Å². The molecular weight excluding hydrogens is 231 g/mol. The van der Waals surface area contributed by atoms with Crippen LogP contribution in [0.2, 0.25) is 5.02 Å². The predicted molar refractivity (Wildman–Crippen MR) is 51.0 cm³/mol. The van der Waals surface area contributed by atoms with Gasteiger partial charge >= 0.3 is 6.18 Å². The monoisotopic (exact) mass is 239 g/mol. The Bertz CT molecular complexity index is 354. The molecule has 0 aromatic heterocycles. The normalized spacial score (nSPS) is 13.7. The molecule has 0 aliphatic carbocycles. The lowest BCUT2D eigenvalue weighted by atomic mass is 10.1. The van der Waals surface area contributed by atoms with Gasteiger partial charge in [0.25, 0.3) is 0 Å². The van der Waals surface area contributed by atoms with Crippen LogP contribution in [0.4, 0.5) is 13.2 Å². The van der Waals surface area contributed by atoms with E-state index in [1.165, 1.54) is 25.3 Å². The molecule has 0 radical (unpaired) electrons. The van der Waals surface area contributed by atoms with Crippen molar-refractivity contribution in [1.82, 2.24) is 0 Å². The fraction of sp³-hybridized carbons (Fsp3) is 0.333. The van der Waals surface area contributed by atoms with Gasteiger partial charge in [0.15, 0.2) is 0 Å². The molecule has 0 bridgehead atoms. The van der Waals surface area contributed by atoms with E-state index in [4.69, 9.17) is 22.1 Å². The van der Waals surface area contributed by atoms with Gasteiger partial charge in [-0.05, 0) is 6.07 Å². The van der Waals surface area contributed by atoms with E-state index < -0.39 is 12.2 Å². The first kappa shape index (κ1) is 12.1. The third-order valence-electron chi connectivity index (χ3n) is 1.90. The lowest BCUT2D eigenvalue weighted by Crippen LogP contribution is -2.28. The van der Waals surface area contributed by atoms with Crippen molar-refractivity contribution in [1.29, 1.82) is 0 Å². The first-order valence-corrected chi connectivity index (χ1v) is 4.40. The summed E-state index contributed by atoms with van der Waals surface area (Å²) in [5.41, 5.74) is 4.84. The van der Waals surface area contributed by atoms with E-state index in [0.717, 1.165) is 0 Å². The summed E-state index contributed by atoms with van der Waals surface area (Å²) >= 11 is 5.70. The number of halogens is 4. The largest absolute Gasteiger partial charge is 0.495 e. The quantitative estimate of drug-likeness (QED) is 0.861. The van der Waals surface area contributed by atoms with Crippen molar-refractivity contribution in [3.8, 4) is 5.75 Å². The van der Waals surface area contributed by atoms with Gasteiger partial charge in [-0.1, -0.05) is 23.7 Å². The Morgan fingerprint density at radius 2 is 2.00 bits per heavy atom. The number of benzene rings is 1. The molecular formula is C9H9ClF3NO. The second-order valence-corrected chi connectivity index (χ2v) is 3.26. The number of hydrogen-bond acceptors (Lipinski definition) is 2. The highest BCUT2D eigenvalue weighted by molar-refractivity contribution is 6.32. The zero-order valence-corrected chi connectivity index (χ0v) is 8.56. The van der Waals surface area contributed by atoms with Gasteiger partial charge in [-0.2, -0.15) is 13.2 Å². The molecule has 0 aliphatic heterocycles. The fourth-order valence-electron chi connectivity index (χ4n) is 1.10. The van der Waals surface area contributed by atoms with Crippen LogP contribution in [0.1, 0.15) is 11.6 Å². The Balaban J connectivity index is 3.15. The average molecular weight is 240 g/mol. The van der Waals surface area contributed by atoms with E-state index in [-0.39, 0.29) is 16.3 Å². The number of rotatable bonds is 2. The molecule has 84 valence electrons. The highest BCUT2D eigenvalue weighted by Gasteiger charge is 2.39. The summed E-state index contributed by atoms with van der Waals surface area (Å²) in [4.78, 5) is 0. The van der Waals surface area contributed by atoms with Gasteiger partial charge in [0, 0.05) is 5.56 Å². The van der Waals surface area contributed by atoms with Gasteiger partial charge in [0.1, 0.15) is 11.8 Å². The first-order chi connectivity index (χ1) is 6.88. The summed E-state index contributed by atoms with van der Waals surface area (Å²) in [6, 6.07) is 2.00. The van der Waals surface area contributed by atoms with Crippen molar-refractivity contribution in [2.75, 3.05) is 7.11 Å².